The van der Waals surface area contributed by atoms with Crippen molar-refractivity contribution in [2.45, 2.75) is 31.8 Å². The van der Waals surface area contributed by atoms with E-state index in [-0.39, 0.29) is 22.5 Å². The second kappa shape index (κ2) is 10.5. The summed E-state index contributed by atoms with van der Waals surface area (Å²) in [5.41, 5.74) is 0.923. The molecule has 196 valence electrons. The number of aromatic amines is 1. The lowest BCUT2D eigenvalue weighted by Gasteiger charge is -2.22. The Balaban J connectivity index is 1.33. The summed E-state index contributed by atoms with van der Waals surface area (Å²) in [5.74, 6) is 1.52. The molecule has 0 unspecified atom stereocenters. The summed E-state index contributed by atoms with van der Waals surface area (Å²) in [6.07, 6.45) is 1.75. The molecule has 1 aromatic carbocycles. The molecule has 3 aromatic rings. The molecular formula is C25H31ClFN9O. The number of hydrogen-bond donors (Lipinski definition) is 3. The third-order valence-corrected chi connectivity index (χ3v) is 7.17. The lowest BCUT2D eigenvalue weighted by atomic mass is 10.2. The van der Waals surface area contributed by atoms with Crippen LogP contribution in [-0.2, 0) is 0 Å². The predicted octanol–water partition coefficient (Wildman–Crippen LogP) is 3.51. The van der Waals surface area contributed by atoms with E-state index < -0.39 is 5.82 Å². The number of halogens is 2. The fourth-order valence-electron chi connectivity index (χ4n) is 4.79. The molecule has 2 saturated heterocycles. The first-order chi connectivity index (χ1) is 17.8. The number of hydrogen-bond acceptors (Lipinski definition) is 8. The minimum Gasteiger partial charge on any atom is -0.355 e. The molecule has 1 amide bonds. The first-order valence-corrected chi connectivity index (χ1v) is 12.7. The van der Waals surface area contributed by atoms with Crippen molar-refractivity contribution in [1.82, 2.24) is 30.0 Å². The van der Waals surface area contributed by atoms with E-state index in [1.54, 1.807) is 11.0 Å². The van der Waals surface area contributed by atoms with E-state index in [1.165, 1.54) is 12.1 Å². The van der Waals surface area contributed by atoms with Gasteiger partial charge in [-0.1, -0.05) is 17.7 Å². The quantitative estimate of drug-likeness (QED) is 0.429. The average Bonchev–Trinajstić information content (AvgIpc) is 3.62. The number of aromatic nitrogens is 4. The summed E-state index contributed by atoms with van der Waals surface area (Å²) in [7, 11) is 4.19. The second-order valence-corrected chi connectivity index (χ2v) is 10.2. The predicted molar refractivity (Wildman–Crippen MR) is 142 cm³/mol. The number of carbonyl (C=O) groups excluding carboxylic acids is 1. The lowest BCUT2D eigenvalue weighted by Crippen LogP contribution is -2.33. The van der Waals surface area contributed by atoms with Crippen molar-refractivity contribution in [1.29, 1.82) is 0 Å². The summed E-state index contributed by atoms with van der Waals surface area (Å²) in [6, 6.07) is 8.69. The van der Waals surface area contributed by atoms with Crippen LogP contribution in [0.3, 0.4) is 0 Å². The zero-order valence-electron chi connectivity index (χ0n) is 21.1. The molecule has 2 aliphatic rings. The molecule has 0 bridgehead atoms. The topological polar surface area (TPSA) is 105 Å². The van der Waals surface area contributed by atoms with Crippen molar-refractivity contribution in [3.05, 3.63) is 52.4 Å². The van der Waals surface area contributed by atoms with Crippen LogP contribution in [0, 0.1) is 12.7 Å². The van der Waals surface area contributed by atoms with Gasteiger partial charge in [0.1, 0.15) is 11.6 Å². The monoisotopic (exact) mass is 527 g/mol. The van der Waals surface area contributed by atoms with Crippen molar-refractivity contribution < 1.29 is 9.18 Å². The van der Waals surface area contributed by atoms with Crippen LogP contribution in [0.1, 0.15) is 28.9 Å². The van der Waals surface area contributed by atoms with Crippen LogP contribution >= 0.6 is 11.6 Å². The minimum absolute atomic E-state index is 0.0170. The molecule has 5 rings (SSSR count). The van der Waals surface area contributed by atoms with Gasteiger partial charge in [-0.2, -0.15) is 15.1 Å². The maximum Gasteiger partial charge on any atom is 0.256 e. The zero-order valence-corrected chi connectivity index (χ0v) is 21.9. The van der Waals surface area contributed by atoms with Gasteiger partial charge in [-0.25, -0.2) is 4.39 Å². The zero-order chi connectivity index (χ0) is 26.1. The van der Waals surface area contributed by atoms with E-state index >= 15 is 0 Å². The standard InChI is InChI=1S/C25H31ClFN9O/c1-15-11-21(33-32-15)29-20-12-22(35-10-8-17(14-35)34(2)3)31-25(30-20)28-16-7-9-36(13-16)24(37)18-5-4-6-19(26)23(18)27/h4-6,11-12,16-17H,7-10,13-14H2,1-3H3,(H3,28,29,30,31,32,33)/t16-,17+/m0/s1. The van der Waals surface area contributed by atoms with Crippen LogP contribution in [0.4, 0.5) is 27.8 Å². The van der Waals surface area contributed by atoms with Crippen LogP contribution in [0.5, 0.6) is 0 Å². The minimum atomic E-state index is -0.687. The lowest BCUT2D eigenvalue weighted by molar-refractivity contribution is 0.0787. The van der Waals surface area contributed by atoms with Crippen molar-refractivity contribution in [3.63, 3.8) is 0 Å². The Kier molecular flexibility index (Phi) is 7.16. The van der Waals surface area contributed by atoms with Gasteiger partial charge >= 0.3 is 0 Å². The second-order valence-electron chi connectivity index (χ2n) is 9.83. The van der Waals surface area contributed by atoms with E-state index in [4.69, 9.17) is 16.6 Å². The van der Waals surface area contributed by atoms with Gasteiger partial charge in [-0.05, 0) is 46.0 Å². The van der Waals surface area contributed by atoms with Crippen molar-refractivity contribution in [2.75, 3.05) is 55.8 Å². The molecule has 4 heterocycles. The Morgan fingerprint density at radius 1 is 1.16 bits per heavy atom. The van der Waals surface area contributed by atoms with E-state index in [9.17, 15) is 9.18 Å². The third-order valence-electron chi connectivity index (χ3n) is 6.88. The third kappa shape index (κ3) is 5.62. The number of rotatable bonds is 7. The van der Waals surface area contributed by atoms with E-state index in [1.807, 2.05) is 19.1 Å². The molecular weight excluding hydrogens is 497 g/mol. The van der Waals surface area contributed by atoms with Gasteiger partial charge in [0.05, 0.1) is 10.6 Å². The van der Waals surface area contributed by atoms with Crippen LogP contribution in [0.15, 0.2) is 30.3 Å². The normalized spacial score (nSPS) is 19.6. The van der Waals surface area contributed by atoms with Crippen LogP contribution in [-0.4, -0.2) is 88.2 Å². The van der Waals surface area contributed by atoms with Crippen molar-refractivity contribution in [2.24, 2.45) is 0 Å². The Labute approximate surface area is 220 Å². The van der Waals surface area contributed by atoms with Gasteiger partial charge in [0.2, 0.25) is 5.95 Å². The number of anilines is 4. The van der Waals surface area contributed by atoms with Gasteiger partial charge in [0, 0.05) is 56.1 Å². The summed E-state index contributed by atoms with van der Waals surface area (Å²) < 4.78 is 14.4. The molecule has 0 spiro atoms. The number of benzene rings is 1. The molecule has 0 radical (unpaired) electrons. The van der Waals surface area contributed by atoms with Crippen LogP contribution < -0.4 is 15.5 Å². The summed E-state index contributed by atoms with van der Waals surface area (Å²) in [5, 5.41) is 13.8. The molecule has 3 N–H and O–H groups in total. The maximum atomic E-state index is 14.4. The summed E-state index contributed by atoms with van der Waals surface area (Å²) >= 11 is 5.88. The number of amides is 1. The van der Waals surface area contributed by atoms with Gasteiger partial charge in [-0.15, -0.1) is 0 Å². The number of nitrogens with one attached hydrogen (secondary N) is 3. The largest absolute Gasteiger partial charge is 0.355 e. The Bertz CT molecular complexity index is 1280. The van der Waals surface area contributed by atoms with E-state index in [0.29, 0.717) is 43.1 Å². The smallest absolute Gasteiger partial charge is 0.256 e. The number of carbonyl (C=O) groups is 1. The molecule has 2 atom stereocenters. The highest BCUT2D eigenvalue weighted by molar-refractivity contribution is 6.31. The Morgan fingerprint density at radius 2 is 2.00 bits per heavy atom. The average molecular weight is 528 g/mol. The highest BCUT2D eigenvalue weighted by Gasteiger charge is 2.30. The number of likely N-dealkylation sites (N-methyl/N-ethyl adjacent to an activating group) is 1. The number of aryl methyl sites for hydroxylation is 1. The van der Waals surface area contributed by atoms with Crippen LogP contribution in [0.25, 0.3) is 0 Å². The molecule has 2 aromatic heterocycles. The van der Waals surface area contributed by atoms with Gasteiger partial charge in [0.25, 0.3) is 5.91 Å². The SMILES string of the molecule is Cc1cc(Nc2cc(N3CC[C@@H](N(C)C)C3)nc(N[C@H]3CCN(C(=O)c4cccc(Cl)c4F)C3)n2)n[nH]1. The molecule has 37 heavy (non-hydrogen) atoms. The van der Waals surface area contributed by atoms with Gasteiger partial charge in [0.15, 0.2) is 11.6 Å². The van der Waals surface area contributed by atoms with Crippen molar-refractivity contribution >= 4 is 40.9 Å². The molecule has 10 nitrogen and oxygen atoms in total. The maximum absolute atomic E-state index is 14.4. The highest BCUT2D eigenvalue weighted by Crippen LogP contribution is 2.27. The summed E-state index contributed by atoms with van der Waals surface area (Å²) in [6.45, 7) is 4.62. The summed E-state index contributed by atoms with van der Waals surface area (Å²) in [4.78, 5) is 28.5. The Hall–Kier alpha value is -3.44. The fraction of sp³-hybridized carbons (Fsp3) is 0.440. The van der Waals surface area contributed by atoms with Gasteiger partial charge in [-0.3, -0.25) is 9.89 Å². The van der Waals surface area contributed by atoms with E-state index in [2.05, 4.69) is 49.7 Å². The molecule has 2 aliphatic heterocycles. The number of nitrogens with zero attached hydrogens (tertiary/aromatic N) is 6. The Morgan fingerprint density at radius 3 is 2.73 bits per heavy atom. The molecule has 2 fully saturated rings. The fourth-order valence-corrected chi connectivity index (χ4v) is 4.97. The molecule has 12 heteroatoms. The van der Waals surface area contributed by atoms with Crippen molar-refractivity contribution in [3.8, 4) is 0 Å². The van der Waals surface area contributed by atoms with Crippen LogP contribution in [0.2, 0.25) is 5.02 Å². The van der Waals surface area contributed by atoms with Gasteiger partial charge < -0.3 is 25.3 Å². The highest BCUT2D eigenvalue weighted by atomic mass is 35.5. The number of H-pyrrole nitrogens is 1. The molecule has 0 saturated carbocycles. The first kappa shape index (κ1) is 25.2. The van der Waals surface area contributed by atoms with E-state index in [0.717, 1.165) is 31.0 Å². The first-order valence-electron chi connectivity index (χ1n) is 12.4. The molecule has 0 aliphatic carbocycles. The number of likely N-dealkylation sites (tertiary alicyclic amines) is 1.